The van der Waals surface area contributed by atoms with Crippen molar-refractivity contribution in [1.29, 1.82) is 0 Å². The van der Waals surface area contributed by atoms with E-state index in [2.05, 4.69) is 15.4 Å². The van der Waals surface area contributed by atoms with E-state index >= 15 is 0 Å². The lowest BCUT2D eigenvalue weighted by Gasteiger charge is -2.26. The Bertz CT molecular complexity index is 482. The summed E-state index contributed by atoms with van der Waals surface area (Å²) in [6, 6.07) is 1.09. The highest BCUT2D eigenvalue weighted by Gasteiger charge is 2.37. The van der Waals surface area contributed by atoms with Crippen LogP contribution in [0.3, 0.4) is 0 Å². The minimum absolute atomic E-state index is 0.112. The fourth-order valence-corrected chi connectivity index (χ4v) is 2.35. The van der Waals surface area contributed by atoms with Gasteiger partial charge in [0.1, 0.15) is 11.6 Å². The highest BCUT2D eigenvalue weighted by atomic mass is 19.4. The number of halogens is 3. The van der Waals surface area contributed by atoms with Crippen LogP contribution in [0.5, 0.6) is 0 Å². The van der Waals surface area contributed by atoms with Crippen molar-refractivity contribution in [2.45, 2.75) is 25.6 Å². The van der Waals surface area contributed by atoms with Crippen molar-refractivity contribution in [3.8, 4) is 0 Å². The van der Waals surface area contributed by atoms with Gasteiger partial charge >= 0.3 is 6.18 Å². The molecule has 1 aliphatic rings. The van der Waals surface area contributed by atoms with Gasteiger partial charge in [0.05, 0.1) is 12.6 Å². The van der Waals surface area contributed by atoms with E-state index in [0.29, 0.717) is 6.54 Å². The third kappa shape index (κ3) is 2.78. The first kappa shape index (κ1) is 14.8. The molecule has 2 atom stereocenters. The summed E-state index contributed by atoms with van der Waals surface area (Å²) in [5.74, 6) is 4.08. The lowest BCUT2D eigenvalue weighted by atomic mass is 10.0. The predicted molar refractivity (Wildman–Crippen MR) is 66.8 cm³/mol. The van der Waals surface area contributed by atoms with Crippen LogP contribution in [-0.4, -0.2) is 34.3 Å². The van der Waals surface area contributed by atoms with E-state index in [4.69, 9.17) is 5.84 Å². The number of hydrogen-bond donors (Lipinski definition) is 3. The van der Waals surface area contributed by atoms with Crippen molar-refractivity contribution < 1.29 is 18.3 Å². The zero-order valence-corrected chi connectivity index (χ0v) is 10.9. The van der Waals surface area contributed by atoms with Gasteiger partial charge in [0, 0.05) is 12.6 Å². The van der Waals surface area contributed by atoms with Crippen molar-refractivity contribution >= 4 is 11.6 Å². The molecule has 0 saturated carbocycles. The molecule has 112 valence electrons. The van der Waals surface area contributed by atoms with E-state index in [0.717, 1.165) is 6.42 Å². The summed E-state index contributed by atoms with van der Waals surface area (Å²) in [5, 5.41) is 9.38. The first-order valence-corrected chi connectivity index (χ1v) is 6.17. The highest BCUT2D eigenvalue weighted by molar-refractivity contribution is 5.50. The van der Waals surface area contributed by atoms with Crippen LogP contribution in [0.25, 0.3) is 0 Å². The van der Waals surface area contributed by atoms with E-state index in [1.165, 1.54) is 6.07 Å². The Labute approximate surface area is 113 Å². The van der Waals surface area contributed by atoms with Crippen LogP contribution in [0.1, 0.15) is 19.2 Å². The molecule has 1 aliphatic heterocycles. The van der Waals surface area contributed by atoms with E-state index in [-0.39, 0.29) is 30.2 Å². The number of rotatable bonds is 3. The van der Waals surface area contributed by atoms with Crippen molar-refractivity contribution in [3.63, 3.8) is 0 Å². The molecule has 0 radical (unpaired) electrons. The molecule has 4 N–H and O–H groups in total. The normalized spacial score (nSPS) is 23.2. The maximum absolute atomic E-state index is 12.8. The average molecular weight is 291 g/mol. The van der Waals surface area contributed by atoms with Crippen LogP contribution in [0.2, 0.25) is 0 Å². The zero-order chi connectivity index (χ0) is 14.9. The quantitative estimate of drug-likeness (QED) is 0.568. The van der Waals surface area contributed by atoms with Gasteiger partial charge in [-0.15, -0.1) is 0 Å². The van der Waals surface area contributed by atoms with Gasteiger partial charge in [-0.1, -0.05) is 6.92 Å². The number of anilines is 2. The number of aliphatic hydroxyl groups is 1. The van der Waals surface area contributed by atoms with Crippen LogP contribution in [-0.2, 0) is 6.18 Å². The van der Waals surface area contributed by atoms with Crippen molar-refractivity contribution in [2.24, 2.45) is 11.8 Å². The Kier molecular flexibility index (Phi) is 4.00. The van der Waals surface area contributed by atoms with E-state index in [1.807, 2.05) is 6.92 Å². The molecule has 2 heterocycles. The number of alkyl halides is 3. The molecule has 1 aromatic rings. The number of nitrogens with two attached hydrogens (primary N) is 1. The van der Waals surface area contributed by atoms with E-state index in [1.54, 1.807) is 4.90 Å². The zero-order valence-electron chi connectivity index (χ0n) is 10.9. The summed E-state index contributed by atoms with van der Waals surface area (Å²) in [6.07, 6.45) is -3.87. The van der Waals surface area contributed by atoms with Crippen LogP contribution in [0, 0.1) is 5.92 Å². The number of aliphatic hydroxyl groups excluding tert-OH is 1. The van der Waals surface area contributed by atoms with E-state index < -0.39 is 12.0 Å². The molecule has 9 heteroatoms. The molecule has 2 rings (SSSR count). The van der Waals surface area contributed by atoms with Crippen molar-refractivity contribution in [2.75, 3.05) is 23.5 Å². The van der Waals surface area contributed by atoms with Crippen LogP contribution < -0.4 is 16.2 Å². The molecule has 1 aromatic heterocycles. The number of aromatic nitrogens is 2. The standard InChI is InChI=1S/C11H16F3N5O/c1-6-2-3-19(7(6)5-20)9-4-8(18-15)16-10(17-9)11(12,13)14/h4,6-7,20H,2-3,5,15H2,1H3,(H,16,17,18). The Morgan fingerprint density at radius 1 is 1.50 bits per heavy atom. The lowest BCUT2D eigenvalue weighted by Crippen LogP contribution is -2.36. The monoisotopic (exact) mass is 291 g/mol. The second-order valence-electron chi connectivity index (χ2n) is 4.79. The minimum Gasteiger partial charge on any atom is -0.394 e. The largest absolute Gasteiger partial charge is 0.451 e. The Morgan fingerprint density at radius 3 is 2.75 bits per heavy atom. The Morgan fingerprint density at radius 2 is 2.20 bits per heavy atom. The number of hydrogen-bond acceptors (Lipinski definition) is 6. The van der Waals surface area contributed by atoms with Crippen molar-refractivity contribution in [1.82, 2.24) is 9.97 Å². The van der Waals surface area contributed by atoms with Crippen molar-refractivity contribution in [3.05, 3.63) is 11.9 Å². The topological polar surface area (TPSA) is 87.3 Å². The SMILES string of the molecule is CC1CCN(c2cc(NN)nc(C(F)(F)F)n2)C1CO. The van der Waals surface area contributed by atoms with Gasteiger partial charge in [0.25, 0.3) is 0 Å². The fraction of sp³-hybridized carbons (Fsp3) is 0.636. The average Bonchev–Trinajstić information content (AvgIpc) is 2.78. The van der Waals surface area contributed by atoms with Crippen LogP contribution in [0.4, 0.5) is 24.8 Å². The Hall–Kier alpha value is -1.61. The van der Waals surface area contributed by atoms with Gasteiger partial charge in [0.2, 0.25) is 5.82 Å². The molecule has 1 saturated heterocycles. The molecule has 0 amide bonds. The third-order valence-electron chi connectivity index (χ3n) is 3.48. The fourth-order valence-electron chi connectivity index (χ4n) is 2.35. The minimum atomic E-state index is -4.65. The first-order chi connectivity index (χ1) is 9.36. The van der Waals surface area contributed by atoms with Crippen LogP contribution in [0.15, 0.2) is 6.07 Å². The molecule has 20 heavy (non-hydrogen) atoms. The summed E-state index contributed by atoms with van der Waals surface area (Å²) in [6.45, 7) is 2.33. The van der Waals surface area contributed by atoms with Gasteiger partial charge in [-0.25, -0.2) is 15.8 Å². The maximum Gasteiger partial charge on any atom is 0.451 e. The van der Waals surface area contributed by atoms with Gasteiger partial charge in [-0.2, -0.15) is 13.2 Å². The second-order valence-corrected chi connectivity index (χ2v) is 4.79. The summed E-state index contributed by atoms with van der Waals surface area (Å²) < 4.78 is 38.3. The van der Waals surface area contributed by atoms with Gasteiger partial charge < -0.3 is 15.4 Å². The Balaban J connectivity index is 2.41. The molecular formula is C11H16F3N5O. The van der Waals surface area contributed by atoms with Gasteiger partial charge in [-0.05, 0) is 12.3 Å². The summed E-state index contributed by atoms with van der Waals surface area (Å²) >= 11 is 0. The molecule has 0 spiro atoms. The molecule has 0 bridgehead atoms. The van der Waals surface area contributed by atoms with Gasteiger partial charge in [-0.3, -0.25) is 0 Å². The molecular weight excluding hydrogens is 275 g/mol. The molecule has 2 unspecified atom stereocenters. The summed E-state index contributed by atoms with van der Waals surface area (Å²) in [4.78, 5) is 8.51. The lowest BCUT2D eigenvalue weighted by molar-refractivity contribution is -0.144. The summed E-state index contributed by atoms with van der Waals surface area (Å²) in [5.41, 5.74) is 2.11. The van der Waals surface area contributed by atoms with Crippen LogP contribution >= 0.6 is 0 Å². The molecule has 1 fully saturated rings. The van der Waals surface area contributed by atoms with Gasteiger partial charge in [0.15, 0.2) is 0 Å². The predicted octanol–water partition coefficient (Wildman–Crippen LogP) is 0.988. The smallest absolute Gasteiger partial charge is 0.394 e. The molecule has 0 aromatic carbocycles. The second kappa shape index (κ2) is 5.41. The number of nitrogens with one attached hydrogen (secondary N) is 1. The number of nitrogens with zero attached hydrogens (tertiary/aromatic N) is 3. The number of hydrazine groups is 1. The molecule has 0 aliphatic carbocycles. The maximum atomic E-state index is 12.8. The third-order valence-corrected chi connectivity index (χ3v) is 3.48. The van der Waals surface area contributed by atoms with E-state index in [9.17, 15) is 18.3 Å². The molecule has 6 nitrogen and oxygen atoms in total. The number of nitrogen functional groups attached to an aromatic ring is 1. The summed E-state index contributed by atoms with van der Waals surface area (Å²) in [7, 11) is 0. The highest BCUT2D eigenvalue weighted by Crippen LogP contribution is 2.32. The first-order valence-electron chi connectivity index (χ1n) is 6.17.